The maximum Gasteiger partial charge on any atom is 0.211 e. The molecule has 1 fully saturated rings. The molecule has 0 saturated carbocycles. The summed E-state index contributed by atoms with van der Waals surface area (Å²) < 4.78 is 0. The number of aromatic nitrogens is 1. The summed E-state index contributed by atoms with van der Waals surface area (Å²) in [7, 11) is 0. The number of nitriles is 1. The average molecular weight is 409 g/mol. The number of rotatable bonds is 9. The van der Waals surface area contributed by atoms with Crippen molar-refractivity contribution < 1.29 is 0 Å². The maximum atomic E-state index is 8.86. The average Bonchev–Trinajstić information content (AvgIpc) is 3.43. The van der Waals surface area contributed by atoms with Gasteiger partial charge in [0.15, 0.2) is 0 Å². The summed E-state index contributed by atoms with van der Waals surface area (Å²) in [6.45, 7) is 7.33. The first-order valence-electron chi connectivity index (χ1n) is 10.1. The fourth-order valence-electron chi connectivity index (χ4n) is 3.59. The molecule has 152 valence electrons. The molecule has 6 nitrogen and oxygen atoms in total. The minimum absolute atomic E-state index is 0.484. The van der Waals surface area contributed by atoms with Crippen molar-refractivity contribution >= 4 is 28.7 Å². The molecule has 29 heavy (non-hydrogen) atoms. The summed E-state index contributed by atoms with van der Waals surface area (Å²) in [5, 5.41) is 17.3. The van der Waals surface area contributed by atoms with Gasteiger partial charge in [-0.15, -0.1) is 16.3 Å². The number of hydrogen-bond donors (Lipinski definition) is 2. The molecule has 3 heterocycles. The fourth-order valence-corrected chi connectivity index (χ4v) is 4.31. The van der Waals surface area contributed by atoms with Gasteiger partial charge in [0, 0.05) is 48.3 Å². The van der Waals surface area contributed by atoms with Gasteiger partial charge >= 0.3 is 0 Å². The lowest BCUT2D eigenvalue weighted by Crippen LogP contribution is -2.31. The topological polar surface area (TPSA) is 76.3 Å². The van der Waals surface area contributed by atoms with Gasteiger partial charge in [0.05, 0.1) is 0 Å². The van der Waals surface area contributed by atoms with E-state index in [1.165, 1.54) is 36.3 Å². The van der Waals surface area contributed by atoms with E-state index in [1.807, 2.05) is 18.3 Å². The predicted octanol–water partition coefficient (Wildman–Crippen LogP) is 4.53. The number of nitrogens with one attached hydrogen (secondary N) is 2. The second-order valence-corrected chi connectivity index (χ2v) is 8.17. The molecule has 0 spiro atoms. The molecule has 0 aromatic carbocycles. The summed E-state index contributed by atoms with van der Waals surface area (Å²) in [5.41, 5.74) is 2.04. The van der Waals surface area contributed by atoms with E-state index in [0.717, 1.165) is 37.7 Å². The molecule has 0 amide bonds. The molecule has 2 aromatic heterocycles. The highest BCUT2D eigenvalue weighted by Gasteiger charge is 2.23. The first-order valence-corrected chi connectivity index (χ1v) is 11.0. The Kier molecular flexibility index (Phi) is 8.08. The molecule has 7 heteroatoms. The molecule has 1 atom stereocenters. The quantitative estimate of drug-likeness (QED) is 0.276. The molecular formula is C22H28N6S. The molecule has 1 aliphatic rings. The second-order valence-electron chi connectivity index (χ2n) is 7.22. The van der Waals surface area contributed by atoms with Crippen molar-refractivity contribution in [1.29, 1.82) is 5.26 Å². The third-order valence-corrected chi connectivity index (χ3v) is 6.08. The van der Waals surface area contributed by atoms with Gasteiger partial charge in [-0.05, 0) is 48.8 Å². The SMILES string of the molecule is C=C(c1cccs1)N1CCC(CCCCCN/C(=N/C#N)Nc2ccncc2)C1. The lowest BCUT2D eigenvalue weighted by atomic mass is 10.0. The maximum absolute atomic E-state index is 8.86. The summed E-state index contributed by atoms with van der Waals surface area (Å²) in [5.74, 6) is 1.25. The molecule has 1 unspecified atom stereocenters. The van der Waals surface area contributed by atoms with Crippen LogP contribution in [-0.2, 0) is 0 Å². The number of aliphatic imine (C=N–C) groups is 1. The Balaban J connectivity index is 1.29. The van der Waals surface area contributed by atoms with Gasteiger partial charge in [-0.25, -0.2) is 0 Å². The van der Waals surface area contributed by atoms with Crippen molar-refractivity contribution in [2.45, 2.75) is 32.1 Å². The molecule has 1 saturated heterocycles. The van der Waals surface area contributed by atoms with Crippen LogP contribution in [0.5, 0.6) is 0 Å². The van der Waals surface area contributed by atoms with Gasteiger partial charge in [-0.3, -0.25) is 4.98 Å². The minimum atomic E-state index is 0.484. The zero-order valence-electron chi connectivity index (χ0n) is 16.7. The zero-order valence-corrected chi connectivity index (χ0v) is 17.5. The number of hydrogen-bond acceptors (Lipinski definition) is 5. The molecule has 2 N–H and O–H groups in total. The van der Waals surface area contributed by atoms with Crippen LogP contribution in [0, 0.1) is 17.4 Å². The first kappa shape index (κ1) is 20.9. The monoisotopic (exact) mass is 408 g/mol. The van der Waals surface area contributed by atoms with Crippen LogP contribution in [0.2, 0.25) is 0 Å². The van der Waals surface area contributed by atoms with E-state index >= 15 is 0 Å². The molecule has 0 aliphatic carbocycles. The van der Waals surface area contributed by atoms with Gasteiger partial charge in [-0.2, -0.15) is 5.26 Å². The summed E-state index contributed by atoms with van der Waals surface area (Å²) in [6, 6.07) is 7.92. The Hall–Kier alpha value is -2.85. The van der Waals surface area contributed by atoms with Crippen LogP contribution < -0.4 is 10.6 Å². The van der Waals surface area contributed by atoms with E-state index in [9.17, 15) is 0 Å². The number of pyridine rings is 1. The van der Waals surface area contributed by atoms with Crippen molar-refractivity contribution in [2.24, 2.45) is 10.9 Å². The summed E-state index contributed by atoms with van der Waals surface area (Å²) >= 11 is 1.77. The van der Waals surface area contributed by atoms with Gasteiger partial charge in [0.2, 0.25) is 12.2 Å². The van der Waals surface area contributed by atoms with E-state index in [1.54, 1.807) is 23.7 Å². The van der Waals surface area contributed by atoms with Crippen LogP contribution in [-0.4, -0.2) is 35.5 Å². The highest BCUT2D eigenvalue weighted by molar-refractivity contribution is 7.11. The summed E-state index contributed by atoms with van der Waals surface area (Å²) in [4.78, 5) is 11.5. The van der Waals surface area contributed by atoms with Crippen LogP contribution in [0.25, 0.3) is 5.70 Å². The Bertz CT molecular complexity index is 825. The third kappa shape index (κ3) is 6.61. The number of guanidine groups is 1. The molecule has 3 rings (SSSR count). The lowest BCUT2D eigenvalue weighted by molar-refractivity contribution is 0.432. The van der Waals surface area contributed by atoms with Crippen molar-refractivity contribution in [3.63, 3.8) is 0 Å². The Morgan fingerprint density at radius 1 is 1.31 bits per heavy atom. The smallest absolute Gasteiger partial charge is 0.211 e. The van der Waals surface area contributed by atoms with Crippen LogP contribution in [0.1, 0.15) is 37.0 Å². The number of unbranched alkanes of at least 4 members (excludes halogenated alkanes) is 2. The van der Waals surface area contributed by atoms with Crippen LogP contribution in [0.4, 0.5) is 5.69 Å². The Morgan fingerprint density at radius 2 is 2.17 bits per heavy atom. The Morgan fingerprint density at radius 3 is 2.93 bits per heavy atom. The van der Waals surface area contributed by atoms with Crippen molar-refractivity contribution in [3.05, 3.63) is 53.5 Å². The van der Waals surface area contributed by atoms with Crippen molar-refractivity contribution in [2.75, 3.05) is 25.0 Å². The van der Waals surface area contributed by atoms with Gasteiger partial charge in [0.25, 0.3) is 0 Å². The number of nitrogens with zero attached hydrogens (tertiary/aromatic N) is 4. The van der Waals surface area contributed by atoms with Crippen LogP contribution in [0.15, 0.2) is 53.6 Å². The highest BCUT2D eigenvalue weighted by Crippen LogP contribution is 2.30. The Labute approximate surface area is 177 Å². The fraction of sp³-hybridized carbons (Fsp3) is 0.409. The van der Waals surface area contributed by atoms with E-state index in [-0.39, 0.29) is 0 Å². The molecule has 0 bridgehead atoms. The van der Waals surface area contributed by atoms with E-state index in [2.05, 4.69) is 49.6 Å². The van der Waals surface area contributed by atoms with Crippen molar-refractivity contribution in [1.82, 2.24) is 15.2 Å². The lowest BCUT2D eigenvalue weighted by Gasteiger charge is -2.20. The molecule has 2 aromatic rings. The standard InChI is InChI=1S/C22H28N6S/c1-18(21-7-5-15-29-21)28-14-10-19(16-28)6-3-2-4-11-25-22(26-17-23)27-20-8-12-24-13-9-20/h5,7-9,12-13,15,19H,1-4,6,10-11,14,16H2,(H2,24,25,26,27). The second kappa shape index (κ2) is 11.2. The largest absolute Gasteiger partial charge is 0.371 e. The van der Waals surface area contributed by atoms with E-state index in [0.29, 0.717) is 5.96 Å². The van der Waals surface area contributed by atoms with Gasteiger partial charge in [0.1, 0.15) is 0 Å². The number of thiophene rings is 1. The van der Waals surface area contributed by atoms with Gasteiger partial charge in [-0.1, -0.05) is 25.5 Å². The molecule has 1 aliphatic heterocycles. The highest BCUT2D eigenvalue weighted by atomic mass is 32.1. The van der Waals surface area contributed by atoms with E-state index in [4.69, 9.17) is 5.26 Å². The van der Waals surface area contributed by atoms with Crippen LogP contribution >= 0.6 is 11.3 Å². The molecule has 0 radical (unpaired) electrons. The first-order chi connectivity index (χ1) is 14.3. The number of anilines is 1. The number of likely N-dealkylation sites (tertiary alicyclic amines) is 1. The predicted molar refractivity (Wildman–Crippen MR) is 120 cm³/mol. The zero-order chi connectivity index (χ0) is 20.3. The molecular weight excluding hydrogens is 380 g/mol. The minimum Gasteiger partial charge on any atom is -0.371 e. The normalized spacial score (nSPS) is 16.4. The van der Waals surface area contributed by atoms with Gasteiger partial charge < -0.3 is 15.5 Å². The van der Waals surface area contributed by atoms with Crippen molar-refractivity contribution in [3.8, 4) is 6.19 Å². The third-order valence-electron chi connectivity index (χ3n) is 5.16. The van der Waals surface area contributed by atoms with E-state index < -0.39 is 0 Å². The summed E-state index contributed by atoms with van der Waals surface area (Å²) in [6.07, 6.45) is 11.2. The van der Waals surface area contributed by atoms with Crippen LogP contribution in [0.3, 0.4) is 0 Å².